The maximum Gasteiger partial charge on any atom is 0.292 e. The van der Waals surface area contributed by atoms with Gasteiger partial charge in [-0.05, 0) is 44.4 Å². The van der Waals surface area contributed by atoms with Gasteiger partial charge in [-0.1, -0.05) is 17.7 Å². The molecule has 0 bridgehead atoms. The van der Waals surface area contributed by atoms with E-state index in [2.05, 4.69) is 37.9 Å². The predicted octanol–water partition coefficient (Wildman–Crippen LogP) is 3.08. The van der Waals surface area contributed by atoms with Crippen molar-refractivity contribution in [2.45, 2.75) is 34.1 Å². The molecule has 1 aromatic carbocycles. The highest BCUT2D eigenvalue weighted by atomic mass is 16.4. The fraction of sp³-hybridized carbons (Fsp3) is 0.357. The van der Waals surface area contributed by atoms with Crippen LogP contribution in [0.1, 0.15) is 33.7 Å². The van der Waals surface area contributed by atoms with Crippen molar-refractivity contribution in [1.82, 2.24) is 4.98 Å². The lowest BCUT2D eigenvalue weighted by Gasteiger charge is -2.10. The number of nitrogen functional groups attached to an aromatic ring is 1. The van der Waals surface area contributed by atoms with Crippen LogP contribution in [0.3, 0.4) is 0 Å². The molecule has 3 nitrogen and oxygen atoms in total. The van der Waals surface area contributed by atoms with Gasteiger partial charge in [-0.15, -0.1) is 0 Å². The minimum Gasteiger partial charge on any atom is -0.428 e. The summed E-state index contributed by atoms with van der Waals surface area (Å²) in [6, 6.07) is 4.63. The molecule has 0 fully saturated rings. The van der Waals surface area contributed by atoms with Gasteiger partial charge >= 0.3 is 0 Å². The average molecular weight is 230 g/mol. The lowest BCUT2D eigenvalue weighted by atomic mass is 9.96. The van der Waals surface area contributed by atoms with Gasteiger partial charge in [0.2, 0.25) is 0 Å². The van der Waals surface area contributed by atoms with Crippen molar-refractivity contribution in [1.29, 1.82) is 0 Å². The molecule has 0 radical (unpaired) electrons. The molecule has 3 heteroatoms. The second-order valence-corrected chi connectivity index (χ2v) is 4.61. The standard InChI is InChI=1S/C14H18N2O/c1-8-5-9(2)12(10(3)6-8)7-13-11(4)16-14(15)17-13/h5-6H,7H2,1-4H3,(H2,15,16). The number of rotatable bonds is 2. The highest BCUT2D eigenvalue weighted by molar-refractivity contribution is 5.40. The summed E-state index contributed by atoms with van der Waals surface area (Å²) in [5.74, 6) is 0.859. The monoisotopic (exact) mass is 230 g/mol. The van der Waals surface area contributed by atoms with Crippen LogP contribution in [0, 0.1) is 27.7 Å². The van der Waals surface area contributed by atoms with E-state index in [1.54, 1.807) is 0 Å². The molecule has 0 spiro atoms. The van der Waals surface area contributed by atoms with E-state index in [4.69, 9.17) is 10.2 Å². The van der Waals surface area contributed by atoms with Gasteiger partial charge < -0.3 is 10.2 Å². The third-order valence-corrected chi connectivity index (χ3v) is 3.09. The maximum atomic E-state index is 5.56. The number of hydrogen-bond acceptors (Lipinski definition) is 3. The highest BCUT2D eigenvalue weighted by Gasteiger charge is 2.11. The largest absolute Gasteiger partial charge is 0.428 e. The molecule has 2 aromatic rings. The molecule has 0 atom stereocenters. The van der Waals surface area contributed by atoms with Crippen LogP contribution in [0.15, 0.2) is 16.5 Å². The van der Waals surface area contributed by atoms with Crippen LogP contribution in [0.5, 0.6) is 0 Å². The molecule has 1 aromatic heterocycles. The third kappa shape index (κ3) is 2.33. The Balaban J connectivity index is 2.39. The van der Waals surface area contributed by atoms with E-state index in [1.165, 1.54) is 22.3 Å². The quantitative estimate of drug-likeness (QED) is 0.862. The van der Waals surface area contributed by atoms with Gasteiger partial charge in [0.1, 0.15) is 5.76 Å². The van der Waals surface area contributed by atoms with Gasteiger partial charge in [-0.25, -0.2) is 0 Å². The van der Waals surface area contributed by atoms with Gasteiger partial charge in [0.05, 0.1) is 5.69 Å². The third-order valence-electron chi connectivity index (χ3n) is 3.09. The Labute approximate surface area is 102 Å². The molecule has 0 amide bonds. The summed E-state index contributed by atoms with van der Waals surface area (Å²) < 4.78 is 5.43. The lowest BCUT2D eigenvalue weighted by Crippen LogP contribution is -1.97. The average Bonchev–Trinajstić information content (AvgIpc) is 2.51. The van der Waals surface area contributed by atoms with Crippen molar-refractivity contribution >= 4 is 6.01 Å². The summed E-state index contributed by atoms with van der Waals surface area (Å²) in [7, 11) is 0. The lowest BCUT2D eigenvalue weighted by molar-refractivity contribution is 0.531. The van der Waals surface area contributed by atoms with E-state index >= 15 is 0 Å². The molecule has 0 saturated heterocycles. The Kier molecular flexibility index (Phi) is 2.92. The first-order chi connectivity index (χ1) is 7.97. The minimum absolute atomic E-state index is 0.250. The second-order valence-electron chi connectivity index (χ2n) is 4.61. The number of oxazole rings is 1. The van der Waals surface area contributed by atoms with Crippen LogP contribution in [0.2, 0.25) is 0 Å². The van der Waals surface area contributed by atoms with Crippen molar-refractivity contribution in [3.63, 3.8) is 0 Å². The summed E-state index contributed by atoms with van der Waals surface area (Å²) in [6.45, 7) is 8.30. The van der Waals surface area contributed by atoms with Crippen LogP contribution in [0.25, 0.3) is 0 Å². The van der Waals surface area contributed by atoms with Crippen LogP contribution in [-0.2, 0) is 6.42 Å². The van der Waals surface area contributed by atoms with Crippen LogP contribution >= 0.6 is 0 Å². The zero-order valence-electron chi connectivity index (χ0n) is 10.8. The van der Waals surface area contributed by atoms with Crippen molar-refractivity contribution in [2.24, 2.45) is 0 Å². The summed E-state index contributed by atoms with van der Waals surface area (Å²) in [5.41, 5.74) is 11.6. The Morgan fingerprint density at radius 2 is 1.71 bits per heavy atom. The van der Waals surface area contributed by atoms with Crippen molar-refractivity contribution in [2.75, 3.05) is 5.73 Å². The molecule has 0 aliphatic rings. The van der Waals surface area contributed by atoms with E-state index in [0.29, 0.717) is 0 Å². The predicted molar refractivity (Wildman–Crippen MR) is 69.1 cm³/mol. The summed E-state index contributed by atoms with van der Waals surface area (Å²) in [4.78, 5) is 4.10. The molecule has 1 heterocycles. The molecular formula is C14H18N2O. The fourth-order valence-corrected chi connectivity index (χ4v) is 2.26. The molecule has 2 N–H and O–H groups in total. The number of benzene rings is 1. The SMILES string of the molecule is Cc1cc(C)c(Cc2oc(N)nc2C)c(C)c1. The molecular weight excluding hydrogens is 212 g/mol. The van der Waals surface area contributed by atoms with Crippen LogP contribution < -0.4 is 5.73 Å². The normalized spacial score (nSPS) is 10.8. The molecule has 2 rings (SSSR count). The Morgan fingerprint density at radius 3 is 2.18 bits per heavy atom. The molecule has 0 unspecified atom stereocenters. The first-order valence-corrected chi connectivity index (χ1v) is 5.76. The number of aryl methyl sites for hydroxylation is 4. The van der Waals surface area contributed by atoms with Crippen molar-refractivity contribution < 1.29 is 4.42 Å². The highest BCUT2D eigenvalue weighted by Crippen LogP contribution is 2.22. The Morgan fingerprint density at radius 1 is 1.12 bits per heavy atom. The fourth-order valence-electron chi connectivity index (χ4n) is 2.26. The van der Waals surface area contributed by atoms with Crippen molar-refractivity contribution in [3.8, 4) is 0 Å². The number of hydrogen-bond donors (Lipinski definition) is 1. The summed E-state index contributed by atoms with van der Waals surface area (Å²) in [5, 5.41) is 0. The number of anilines is 1. The number of nitrogens with two attached hydrogens (primary N) is 1. The van der Waals surface area contributed by atoms with E-state index in [-0.39, 0.29) is 6.01 Å². The van der Waals surface area contributed by atoms with Gasteiger partial charge in [0.15, 0.2) is 0 Å². The van der Waals surface area contributed by atoms with Gasteiger partial charge in [0, 0.05) is 6.42 Å². The number of nitrogens with zero attached hydrogens (tertiary/aromatic N) is 1. The van der Waals surface area contributed by atoms with E-state index < -0.39 is 0 Å². The maximum absolute atomic E-state index is 5.56. The van der Waals surface area contributed by atoms with Gasteiger partial charge in [-0.2, -0.15) is 4.98 Å². The molecule has 0 saturated carbocycles. The van der Waals surface area contributed by atoms with Crippen molar-refractivity contribution in [3.05, 3.63) is 45.8 Å². The minimum atomic E-state index is 0.250. The van der Waals surface area contributed by atoms with Crippen LogP contribution in [-0.4, -0.2) is 4.98 Å². The second kappa shape index (κ2) is 4.24. The van der Waals surface area contributed by atoms with Gasteiger partial charge in [-0.3, -0.25) is 0 Å². The topological polar surface area (TPSA) is 52.0 Å². The first-order valence-electron chi connectivity index (χ1n) is 5.76. The summed E-state index contributed by atoms with van der Waals surface area (Å²) >= 11 is 0. The Hall–Kier alpha value is -1.77. The zero-order valence-corrected chi connectivity index (χ0v) is 10.8. The molecule has 90 valence electrons. The molecule has 0 aliphatic heterocycles. The van der Waals surface area contributed by atoms with E-state index in [0.717, 1.165) is 17.9 Å². The molecule has 0 aliphatic carbocycles. The zero-order chi connectivity index (χ0) is 12.6. The first kappa shape index (κ1) is 11.7. The molecule has 17 heavy (non-hydrogen) atoms. The number of aromatic nitrogens is 1. The summed E-state index contributed by atoms with van der Waals surface area (Å²) in [6.07, 6.45) is 0.758. The van der Waals surface area contributed by atoms with E-state index in [1.807, 2.05) is 6.92 Å². The van der Waals surface area contributed by atoms with Crippen LogP contribution in [0.4, 0.5) is 6.01 Å². The Bertz CT molecular complexity index is 532. The van der Waals surface area contributed by atoms with Gasteiger partial charge in [0.25, 0.3) is 6.01 Å². The smallest absolute Gasteiger partial charge is 0.292 e. The van der Waals surface area contributed by atoms with E-state index in [9.17, 15) is 0 Å².